The Kier molecular flexibility index (Phi) is 5.71. The molecular formula is C23H17N7O5S. The fraction of sp³-hybridized carbons (Fsp3) is 0.0870. The second-order valence-corrected chi connectivity index (χ2v) is 9.43. The molecule has 12 nitrogen and oxygen atoms in total. The van der Waals surface area contributed by atoms with E-state index in [1.807, 2.05) is 6.07 Å². The second kappa shape index (κ2) is 9.01. The number of aromatic amines is 1. The van der Waals surface area contributed by atoms with Crippen molar-refractivity contribution in [1.29, 1.82) is 5.26 Å². The third-order valence-electron chi connectivity index (χ3n) is 5.33. The number of nitrogens with one attached hydrogen (secondary N) is 4. The van der Waals surface area contributed by atoms with Gasteiger partial charge in [0.25, 0.3) is 21.8 Å². The minimum absolute atomic E-state index is 0.0199. The number of hydrogen-bond donors (Lipinski definition) is 4. The molecule has 3 heterocycles. The minimum atomic E-state index is -4.02. The van der Waals surface area contributed by atoms with Gasteiger partial charge in [-0.25, -0.2) is 18.4 Å². The number of carbonyl (C=O) groups is 2. The monoisotopic (exact) mass is 503 g/mol. The molecule has 1 aliphatic rings. The zero-order valence-corrected chi connectivity index (χ0v) is 19.2. The molecule has 2 aromatic heterocycles. The van der Waals surface area contributed by atoms with E-state index in [0.29, 0.717) is 11.4 Å². The van der Waals surface area contributed by atoms with Crippen molar-refractivity contribution < 1.29 is 22.7 Å². The molecule has 0 saturated heterocycles. The summed E-state index contributed by atoms with van der Waals surface area (Å²) in [5, 5.41) is 14.5. The summed E-state index contributed by atoms with van der Waals surface area (Å²) >= 11 is 0. The Labute approximate surface area is 204 Å². The Morgan fingerprint density at radius 3 is 2.89 bits per heavy atom. The Morgan fingerprint density at radius 2 is 2.06 bits per heavy atom. The Hall–Kier alpha value is -4.96. The molecule has 36 heavy (non-hydrogen) atoms. The van der Waals surface area contributed by atoms with Crippen LogP contribution in [0.25, 0.3) is 11.0 Å². The number of sulfonamides is 1. The highest BCUT2D eigenvalue weighted by Crippen LogP contribution is 2.29. The number of ether oxygens (including phenoxy) is 1. The third kappa shape index (κ3) is 4.40. The van der Waals surface area contributed by atoms with Gasteiger partial charge in [0.05, 0.1) is 33.4 Å². The summed E-state index contributed by atoms with van der Waals surface area (Å²) in [6, 6.07) is 12.6. The largest absolute Gasteiger partial charge is 0.482 e. The van der Waals surface area contributed by atoms with Crippen molar-refractivity contribution in [3.8, 4) is 11.8 Å². The molecule has 1 aliphatic heterocycles. The van der Waals surface area contributed by atoms with E-state index in [1.54, 1.807) is 18.2 Å². The minimum Gasteiger partial charge on any atom is -0.482 e. The molecule has 2 aromatic carbocycles. The summed E-state index contributed by atoms with van der Waals surface area (Å²) in [4.78, 5) is 35.3. The number of rotatable bonds is 6. The molecule has 0 bridgehead atoms. The molecular weight excluding hydrogens is 486 g/mol. The lowest BCUT2D eigenvalue weighted by molar-refractivity contribution is -0.118. The van der Waals surface area contributed by atoms with Crippen LogP contribution in [-0.2, 0) is 21.4 Å². The first-order chi connectivity index (χ1) is 17.3. The Balaban J connectivity index is 1.35. The molecule has 0 atom stereocenters. The normalized spacial score (nSPS) is 12.7. The Morgan fingerprint density at radius 1 is 1.19 bits per heavy atom. The maximum Gasteiger partial charge on any atom is 0.272 e. The van der Waals surface area contributed by atoms with Gasteiger partial charge in [-0.15, -0.1) is 0 Å². The van der Waals surface area contributed by atoms with Gasteiger partial charge >= 0.3 is 0 Å². The third-order valence-corrected chi connectivity index (χ3v) is 6.69. The smallest absolute Gasteiger partial charge is 0.272 e. The molecule has 0 spiro atoms. The van der Waals surface area contributed by atoms with Crippen molar-refractivity contribution in [2.24, 2.45) is 0 Å². The van der Waals surface area contributed by atoms with Crippen LogP contribution in [0.5, 0.6) is 5.75 Å². The molecule has 4 N–H and O–H groups in total. The van der Waals surface area contributed by atoms with Crippen LogP contribution in [0.2, 0.25) is 0 Å². The van der Waals surface area contributed by atoms with E-state index in [4.69, 9.17) is 10.00 Å². The molecule has 5 rings (SSSR count). The topological polar surface area (TPSA) is 179 Å². The van der Waals surface area contributed by atoms with Gasteiger partial charge in [-0.1, -0.05) is 12.1 Å². The fourth-order valence-corrected chi connectivity index (χ4v) is 4.73. The highest BCUT2D eigenvalue weighted by Gasteiger charge is 2.21. The number of amides is 2. The van der Waals surface area contributed by atoms with E-state index in [0.717, 1.165) is 11.9 Å². The van der Waals surface area contributed by atoms with E-state index >= 15 is 0 Å². The van der Waals surface area contributed by atoms with Crippen molar-refractivity contribution in [2.45, 2.75) is 11.4 Å². The van der Waals surface area contributed by atoms with Crippen molar-refractivity contribution in [2.75, 3.05) is 16.6 Å². The molecule has 180 valence electrons. The van der Waals surface area contributed by atoms with Crippen molar-refractivity contribution in [3.05, 3.63) is 71.8 Å². The van der Waals surface area contributed by atoms with E-state index < -0.39 is 15.9 Å². The van der Waals surface area contributed by atoms with Gasteiger partial charge in [-0.05, 0) is 35.9 Å². The quantitative estimate of drug-likeness (QED) is 0.308. The number of benzene rings is 2. The average Bonchev–Trinajstić information content (AvgIpc) is 3.29. The number of aromatic nitrogens is 3. The van der Waals surface area contributed by atoms with Gasteiger partial charge < -0.3 is 20.4 Å². The lowest BCUT2D eigenvalue weighted by Gasteiger charge is -2.18. The fourth-order valence-electron chi connectivity index (χ4n) is 3.63. The Bertz CT molecular complexity index is 1670. The first-order valence-electron chi connectivity index (χ1n) is 10.5. The lowest BCUT2D eigenvalue weighted by atomic mass is 10.1. The van der Waals surface area contributed by atoms with Gasteiger partial charge in [0.2, 0.25) is 0 Å². The second-order valence-electron chi connectivity index (χ2n) is 7.74. The molecule has 4 aromatic rings. The summed E-state index contributed by atoms with van der Waals surface area (Å²) in [5.41, 5.74) is 2.02. The van der Waals surface area contributed by atoms with Crippen LogP contribution in [0.3, 0.4) is 0 Å². The van der Waals surface area contributed by atoms with Crippen LogP contribution >= 0.6 is 0 Å². The number of nitrogens with zero attached hydrogens (tertiary/aromatic N) is 3. The number of H-pyrrole nitrogens is 1. The summed E-state index contributed by atoms with van der Waals surface area (Å²) < 4.78 is 33.4. The van der Waals surface area contributed by atoms with Crippen LogP contribution in [0.15, 0.2) is 59.9 Å². The summed E-state index contributed by atoms with van der Waals surface area (Å²) in [7, 11) is -4.02. The average molecular weight is 504 g/mol. The molecule has 0 fully saturated rings. The van der Waals surface area contributed by atoms with E-state index in [2.05, 4.69) is 30.3 Å². The molecule has 13 heteroatoms. The lowest BCUT2D eigenvalue weighted by Crippen LogP contribution is -2.26. The number of carbonyl (C=O) groups excluding carboxylic acids is 2. The predicted octanol–water partition coefficient (Wildman–Crippen LogP) is 1.89. The van der Waals surface area contributed by atoms with Crippen molar-refractivity contribution in [3.63, 3.8) is 0 Å². The number of hydrogen-bond acceptors (Lipinski definition) is 8. The zero-order valence-electron chi connectivity index (χ0n) is 18.4. The highest BCUT2D eigenvalue weighted by atomic mass is 32.2. The van der Waals surface area contributed by atoms with Gasteiger partial charge in [-0.2, -0.15) is 5.26 Å². The standard InChI is InChI=1S/C23H17N7O5S/c24-8-13-2-1-3-15(6-13)36(33,34)30-17-10-25-21-20(17)27-12-28-22(21)23(32)26-9-14-4-5-18-16(7-14)29-19(31)11-35-18/h1-7,10,12,25,30H,9,11H2,(H,26,32)(H,29,31). The number of fused-ring (bicyclic) bond motifs is 2. The first-order valence-corrected chi connectivity index (χ1v) is 12.0. The zero-order chi connectivity index (χ0) is 25.3. The van der Waals surface area contributed by atoms with Crippen LogP contribution in [-0.4, -0.2) is 41.8 Å². The predicted molar refractivity (Wildman–Crippen MR) is 128 cm³/mol. The van der Waals surface area contributed by atoms with Crippen LogP contribution in [0, 0.1) is 11.3 Å². The van der Waals surface area contributed by atoms with Crippen LogP contribution in [0.4, 0.5) is 11.4 Å². The number of nitriles is 1. The van der Waals surface area contributed by atoms with Crippen LogP contribution in [0.1, 0.15) is 21.6 Å². The van der Waals surface area contributed by atoms with Gasteiger partial charge in [-0.3, -0.25) is 14.3 Å². The summed E-state index contributed by atoms with van der Waals surface area (Å²) in [5.74, 6) is -0.232. The van der Waals surface area contributed by atoms with E-state index in [1.165, 1.54) is 30.5 Å². The highest BCUT2D eigenvalue weighted by molar-refractivity contribution is 7.92. The molecule has 2 amide bonds. The number of anilines is 2. The maximum absolute atomic E-state index is 12.9. The SMILES string of the molecule is N#Cc1cccc(S(=O)(=O)Nc2c[nH]c3c(C(=O)NCc4ccc5c(c4)NC(=O)CO5)ncnc23)c1. The van der Waals surface area contributed by atoms with Gasteiger partial charge in [0.15, 0.2) is 12.3 Å². The van der Waals surface area contributed by atoms with Crippen molar-refractivity contribution in [1.82, 2.24) is 20.3 Å². The molecule has 0 unspecified atom stereocenters. The molecule has 0 saturated carbocycles. The van der Waals surface area contributed by atoms with E-state index in [-0.39, 0.29) is 51.9 Å². The van der Waals surface area contributed by atoms with Crippen molar-refractivity contribution >= 4 is 44.2 Å². The summed E-state index contributed by atoms with van der Waals surface area (Å²) in [6.45, 7) is 0.0935. The summed E-state index contributed by atoms with van der Waals surface area (Å²) in [6.07, 6.45) is 2.53. The molecule has 0 aliphatic carbocycles. The maximum atomic E-state index is 12.9. The van der Waals surface area contributed by atoms with E-state index in [9.17, 15) is 18.0 Å². The molecule has 0 radical (unpaired) electrons. The van der Waals surface area contributed by atoms with Crippen LogP contribution < -0.4 is 20.1 Å². The van der Waals surface area contributed by atoms with Gasteiger partial charge in [0, 0.05) is 12.7 Å². The van der Waals surface area contributed by atoms with Gasteiger partial charge in [0.1, 0.15) is 17.6 Å². The first kappa shape index (κ1) is 22.8.